The first-order chi connectivity index (χ1) is 11.6. The minimum Gasteiger partial charge on any atom is -0.492 e. The van der Waals surface area contributed by atoms with E-state index < -0.39 is 0 Å². The predicted octanol–water partition coefficient (Wildman–Crippen LogP) is 3.34. The number of fused-ring (bicyclic) bond motifs is 1. The average Bonchev–Trinajstić information content (AvgIpc) is 2.58. The molecule has 2 N–H and O–H groups in total. The Morgan fingerprint density at radius 3 is 3.08 bits per heavy atom. The Kier molecular flexibility index (Phi) is 5.85. The van der Waals surface area contributed by atoms with E-state index in [1.54, 1.807) is 0 Å². The van der Waals surface area contributed by atoms with Crippen molar-refractivity contribution in [2.45, 2.75) is 44.7 Å². The zero-order chi connectivity index (χ0) is 16.9. The van der Waals surface area contributed by atoms with Crippen LogP contribution in [0.2, 0.25) is 5.02 Å². The number of ether oxygens (including phenoxy) is 1. The molecule has 0 spiro atoms. The average molecular weight is 352 g/mol. The van der Waals surface area contributed by atoms with Gasteiger partial charge < -0.3 is 15.4 Å². The van der Waals surface area contributed by atoms with Crippen LogP contribution in [0.4, 0.5) is 4.79 Å². The number of urea groups is 1. The van der Waals surface area contributed by atoms with Crippen molar-refractivity contribution in [2.24, 2.45) is 0 Å². The number of nitrogens with one attached hydrogen (secondary N) is 2. The lowest BCUT2D eigenvalue weighted by Gasteiger charge is -2.33. The van der Waals surface area contributed by atoms with Gasteiger partial charge in [-0.2, -0.15) is 0 Å². The zero-order valence-corrected chi connectivity index (χ0v) is 14.9. The maximum absolute atomic E-state index is 12.2. The van der Waals surface area contributed by atoms with Crippen LogP contribution in [-0.2, 0) is 0 Å². The lowest BCUT2D eigenvalue weighted by atomic mass is 10.0. The number of piperidine rings is 1. The fourth-order valence-electron chi connectivity index (χ4n) is 3.55. The van der Waals surface area contributed by atoms with Crippen molar-refractivity contribution in [1.29, 1.82) is 0 Å². The maximum Gasteiger partial charge on any atom is 0.315 e. The molecule has 2 atom stereocenters. The summed E-state index contributed by atoms with van der Waals surface area (Å²) >= 11 is 6.17. The SMILES string of the molecule is C[C@@H]1CCCCN1CCNC(=O)N[C@@H]1CCOc2c(Cl)cccc21. The molecule has 1 aromatic rings. The van der Waals surface area contributed by atoms with Crippen LogP contribution < -0.4 is 15.4 Å². The van der Waals surface area contributed by atoms with Gasteiger partial charge in [-0.15, -0.1) is 0 Å². The molecule has 0 bridgehead atoms. The summed E-state index contributed by atoms with van der Waals surface area (Å²) in [7, 11) is 0. The largest absolute Gasteiger partial charge is 0.492 e. The van der Waals surface area contributed by atoms with Crippen LogP contribution >= 0.6 is 11.6 Å². The molecule has 2 aliphatic heterocycles. The molecule has 24 heavy (non-hydrogen) atoms. The Hall–Kier alpha value is -1.46. The standard InChI is InChI=1S/C18H26ClN3O2/c1-13-5-2-3-10-22(13)11-9-20-18(23)21-16-8-12-24-17-14(16)6-4-7-15(17)19/h4,6-7,13,16H,2-3,5,8-12H2,1H3,(H2,20,21,23)/t13-,16-/m1/s1. The maximum atomic E-state index is 12.2. The molecule has 2 heterocycles. The molecule has 0 radical (unpaired) electrons. The molecule has 2 aliphatic rings. The molecule has 6 heteroatoms. The first-order valence-electron chi connectivity index (χ1n) is 8.85. The first kappa shape index (κ1) is 17.4. The monoisotopic (exact) mass is 351 g/mol. The normalized spacial score (nSPS) is 23.9. The molecular formula is C18H26ClN3O2. The molecule has 0 aliphatic carbocycles. The smallest absolute Gasteiger partial charge is 0.315 e. The number of para-hydroxylation sites is 1. The van der Waals surface area contributed by atoms with Gasteiger partial charge in [-0.1, -0.05) is 30.2 Å². The Morgan fingerprint density at radius 1 is 1.38 bits per heavy atom. The van der Waals surface area contributed by atoms with Gasteiger partial charge >= 0.3 is 6.03 Å². The lowest BCUT2D eigenvalue weighted by Crippen LogP contribution is -2.45. The summed E-state index contributed by atoms with van der Waals surface area (Å²) in [6.45, 7) is 5.54. The highest BCUT2D eigenvalue weighted by molar-refractivity contribution is 6.32. The molecule has 1 saturated heterocycles. The number of halogens is 1. The number of nitrogens with zero attached hydrogens (tertiary/aromatic N) is 1. The van der Waals surface area contributed by atoms with Crippen molar-refractivity contribution >= 4 is 17.6 Å². The summed E-state index contributed by atoms with van der Waals surface area (Å²) < 4.78 is 5.63. The summed E-state index contributed by atoms with van der Waals surface area (Å²) in [6.07, 6.45) is 4.59. The molecular weight excluding hydrogens is 326 g/mol. The fourth-order valence-corrected chi connectivity index (χ4v) is 3.78. The van der Waals surface area contributed by atoms with Gasteiger partial charge in [0.2, 0.25) is 0 Å². The number of amides is 2. The third-order valence-corrected chi connectivity index (χ3v) is 5.25. The lowest BCUT2D eigenvalue weighted by molar-refractivity contribution is 0.161. The summed E-state index contributed by atoms with van der Waals surface area (Å²) in [5.74, 6) is 0.692. The van der Waals surface area contributed by atoms with Crippen molar-refractivity contribution < 1.29 is 9.53 Å². The van der Waals surface area contributed by atoms with Crippen LogP contribution in [0.15, 0.2) is 18.2 Å². The number of carbonyl (C=O) groups is 1. The van der Waals surface area contributed by atoms with E-state index in [0.29, 0.717) is 30.0 Å². The summed E-state index contributed by atoms with van der Waals surface area (Å²) in [5.41, 5.74) is 0.952. The van der Waals surface area contributed by atoms with Crippen molar-refractivity contribution in [3.63, 3.8) is 0 Å². The van der Waals surface area contributed by atoms with Crippen molar-refractivity contribution in [3.05, 3.63) is 28.8 Å². The highest BCUT2D eigenvalue weighted by Crippen LogP contribution is 2.37. The highest BCUT2D eigenvalue weighted by atomic mass is 35.5. The molecule has 5 nitrogen and oxygen atoms in total. The van der Waals surface area contributed by atoms with Gasteiger partial charge in [0.1, 0.15) is 5.75 Å². The van der Waals surface area contributed by atoms with Crippen LogP contribution in [0.3, 0.4) is 0 Å². The van der Waals surface area contributed by atoms with Gasteiger partial charge in [0.15, 0.2) is 0 Å². The van der Waals surface area contributed by atoms with Crippen LogP contribution in [0.25, 0.3) is 0 Å². The van der Waals surface area contributed by atoms with Crippen LogP contribution in [0.1, 0.15) is 44.2 Å². The second kappa shape index (κ2) is 8.08. The third kappa shape index (κ3) is 4.14. The van der Waals surface area contributed by atoms with Crippen LogP contribution in [0, 0.1) is 0 Å². The van der Waals surface area contributed by atoms with E-state index >= 15 is 0 Å². The summed E-state index contributed by atoms with van der Waals surface area (Å²) in [4.78, 5) is 14.7. The van der Waals surface area contributed by atoms with Gasteiger partial charge in [-0.3, -0.25) is 4.90 Å². The van der Waals surface area contributed by atoms with Crippen molar-refractivity contribution in [3.8, 4) is 5.75 Å². The number of carbonyl (C=O) groups excluding carboxylic acids is 1. The molecule has 1 fully saturated rings. The van der Waals surface area contributed by atoms with Gasteiger partial charge in [0, 0.05) is 31.1 Å². The van der Waals surface area contributed by atoms with Crippen LogP contribution in [0.5, 0.6) is 5.75 Å². The Labute approximate surface area is 148 Å². The fraction of sp³-hybridized carbons (Fsp3) is 0.611. The van der Waals surface area contributed by atoms with Gasteiger partial charge in [-0.25, -0.2) is 4.79 Å². The van der Waals surface area contributed by atoms with E-state index in [2.05, 4.69) is 22.5 Å². The van der Waals surface area contributed by atoms with E-state index in [1.165, 1.54) is 19.3 Å². The first-order valence-corrected chi connectivity index (χ1v) is 9.22. The van der Waals surface area contributed by atoms with E-state index in [9.17, 15) is 4.79 Å². The van der Waals surface area contributed by atoms with E-state index in [4.69, 9.17) is 16.3 Å². The summed E-state index contributed by atoms with van der Waals surface area (Å²) in [5, 5.41) is 6.62. The molecule has 0 unspecified atom stereocenters. The second-order valence-corrected chi connectivity index (χ2v) is 7.04. The number of likely N-dealkylation sites (tertiary alicyclic amines) is 1. The molecule has 0 saturated carbocycles. The molecule has 132 valence electrons. The van der Waals surface area contributed by atoms with Crippen LogP contribution in [-0.4, -0.2) is 43.2 Å². The number of benzene rings is 1. The number of hydrogen-bond acceptors (Lipinski definition) is 3. The quantitative estimate of drug-likeness (QED) is 0.874. The number of rotatable bonds is 4. The van der Waals surface area contributed by atoms with Gasteiger partial charge in [0.05, 0.1) is 17.7 Å². The highest BCUT2D eigenvalue weighted by Gasteiger charge is 2.24. The number of hydrogen-bond donors (Lipinski definition) is 2. The molecule has 0 aromatic heterocycles. The van der Waals surface area contributed by atoms with Crippen molar-refractivity contribution in [2.75, 3.05) is 26.2 Å². The molecule has 3 rings (SSSR count). The molecule has 1 aromatic carbocycles. The Balaban J connectivity index is 1.48. The minimum atomic E-state index is -0.127. The zero-order valence-electron chi connectivity index (χ0n) is 14.2. The Bertz CT molecular complexity index is 581. The predicted molar refractivity (Wildman–Crippen MR) is 95.7 cm³/mol. The minimum absolute atomic E-state index is 0.0543. The third-order valence-electron chi connectivity index (χ3n) is 4.96. The summed E-state index contributed by atoms with van der Waals surface area (Å²) in [6, 6.07) is 6.09. The Morgan fingerprint density at radius 2 is 2.25 bits per heavy atom. The van der Waals surface area contributed by atoms with E-state index in [1.807, 2.05) is 18.2 Å². The second-order valence-electron chi connectivity index (χ2n) is 6.63. The van der Waals surface area contributed by atoms with E-state index in [-0.39, 0.29) is 12.1 Å². The van der Waals surface area contributed by atoms with Gasteiger partial charge in [-0.05, 0) is 32.4 Å². The van der Waals surface area contributed by atoms with Crippen molar-refractivity contribution in [1.82, 2.24) is 15.5 Å². The van der Waals surface area contributed by atoms with E-state index in [0.717, 1.165) is 25.1 Å². The molecule has 2 amide bonds. The topological polar surface area (TPSA) is 53.6 Å². The van der Waals surface area contributed by atoms with Gasteiger partial charge in [0.25, 0.3) is 0 Å².